The number of epoxide rings is 4. The number of hydrogen-bond acceptors (Lipinski definition) is 6. The lowest BCUT2D eigenvalue weighted by atomic mass is 9.65. The lowest BCUT2D eigenvalue weighted by molar-refractivity contribution is 0.299. The number of rotatable bonds is 10. The molecule has 6 nitrogen and oxygen atoms in total. The van der Waals surface area contributed by atoms with E-state index in [9.17, 15) is 0 Å². The van der Waals surface area contributed by atoms with E-state index in [0.717, 1.165) is 63.5 Å². The predicted octanol–water partition coefficient (Wildman–Crippen LogP) is 2.91. The van der Waals surface area contributed by atoms with Crippen molar-refractivity contribution in [3.8, 4) is 0 Å². The van der Waals surface area contributed by atoms with Gasteiger partial charge in [0, 0.05) is 29.6 Å². The fourth-order valence-electron chi connectivity index (χ4n) is 5.45. The average Bonchev–Trinajstić information content (AvgIpc) is 3.59. The van der Waals surface area contributed by atoms with Crippen molar-refractivity contribution in [2.75, 3.05) is 37.9 Å². The van der Waals surface area contributed by atoms with Crippen molar-refractivity contribution < 1.29 is 18.9 Å². The molecule has 0 aliphatic carbocycles. The molecule has 0 amide bonds. The van der Waals surface area contributed by atoms with Gasteiger partial charge < -0.3 is 30.4 Å². The summed E-state index contributed by atoms with van der Waals surface area (Å²) in [4.78, 5) is 0. The molecule has 0 radical (unpaired) electrons. The number of nitrogens with two attached hydrogens (primary N) is 2. The summed E-state index contributed by atoms with van der Waals surface area (Å²) < 4.78 is 22.6. The van der Waals surface area contributed by atoms with Gasteiger partial charge in [0.05, 0.1) is 50.8 Å². The van der Waals surface area contributed by atoms with E-state index in [1.54, 1.807) is 0 Å². The maximum absolute atomic E-state index is 7.05. The molecule has 170 valence electrons. The number of anilines is 2. The Hall–Kier alpha value is -2.12. The molecule has 0 saturated carbocycles. The van der Waals surface area contributed by atoms with Gasteiger partial charge in [-0.25, -0.2) is 0 Å². The van der Waals surface area contributed by atoms with Crippen molar-refractivity contribution in [3.63, 3.8) is 0 Å². The number of benzene rings is 2. The highest BCUT2D eigenvalue weighted by atomic mass is 16.6. The topological polar surface area (TPSA) is 102 Å². The van der Waals surface area contributed by atoms with Crippen molar-refractivity contribution in [2.24, 2.45) is 0 Å². The Morgan fingerprint density at radius 3 is 1.91 bits per heavy atom. The highest BCUT2D eigenvalue weighted by molar-refractivity contribution is 5.64. The van der Waals surface area contributed by atoms with E-state index >= 15 is 0 Å². The molecule has 32 heavy (non-hydrogen) atoms. The van der Waals surface area contributed by atoms with E-state index in [1.807, 2.05) is 6.07 Å². The van der Waals surface area contributed by atoms with E-state index in [0.29, 0.717) is 6.10 Å². The molecule has 4 saturated heterocycles. The first-order valence-electron chi connectivity index (χ1n) is 11.8. The molecule has 0 bridgehead atoms. The van der Waals surface area contributed by atoms with Crippen LogP contribution in [0.4, 0.5) is 11.4 Å². The second kappa shape index (κ2) is 7.73. The van der Waals surface area contributed by atoms with Crippen LogP contribution in [0.5, 0.6) is 0 Å². The second-order valence-corrected chi connectivity index (χ2v) is 9.96. The van der Waals surface area contributed by atoms with Gasteiger partial charge in [0.1, 0.15) is 0 Å². The fraction of sp³-hybridized carbons (Fsp3) is 0.538. The molecular formula is C26H32N2O4. The maximum Gasteiger partial charge on any atom is 0.0851 e. The van der Waals surface area contributed by atoms with Crippen LogP contribution in [0.15, 0.2) is 30.3 Å². The van der Waals surface area contributed by atoms with Crippen LogP contribution < -0.4 is 11.5 Å². The number of nitrogen functional groups attached to an aromatic ring is 2. The smallest absolute Gasteiger partial charge is 0.0851 e. The van der Waals surface area contributed by atoms with Crippen molar-refractivity contribution in [2.45, 2.75) is 62.4 Å². The number of hydrogen-bond donors (Lipinski definition) is 2. The molecule has 4 heterocycles. The van der Waals surface area contributed by atoms with E-state index in [4.69, 9.17) is 30.4 Å². The third kappa shape index (κ3) is 4.13. The van der Waals surface area contributed by atoms with Crippen LogP contribution in [-0.4, -0.2) is 50.8 Å². The Morgan fingerprint density at radius 2 is 1.34 bits per heavy atom. The van der Waals surface area contributed by atoms with Crippen LogP contribution >= 0.6 is 0 Å². The first-order valence-corrected chi connectivity index (χ1v) is 11.8. The minimum Gasteiger partial charge on any atom is -0.399 e. The van der Waals surface area contributed by atoms with E-state index in [-0.39, 0.29) is 23.7 Å². The Labute approximate surface area is 189 Å². The number of ether oxygens (including phenoxy) is 4. The predicted molar refractivity (Wildman–Crippen MR) is 123 cm³/mol. The van der Waals surface area contributed by atoms with Gasteiger partial charge >= 0.3 is 0 Å². The van der Waals surface area contributed by atoms with Crippen molar-refractivity contribution >= 4 is 11.4 Å². The van der Waals surface area contributed by atoms with Crippen LogP contribution in [0.1, 0.15) is 40.7 Å². The Bertz CT molecular complexity index is 1010. The summed E-state index contributed by atoms with van der Waals surface area (Å²) in [7, 11) is 0. The highest BCUT2D eigenvalue weighted by Gasteiger charge is 2.47. The quantitative estimate of drug-likeness (QED) is 0.439. The SMILES string of the molecule is Cc1cc(N)ccc1C(CC1CO1)(CC1CO1)c1ccc(CC2CO2)c(CC2CO2)c1N. The molecular weight excluding hydrogens is 404 g/mol. The molecule has 4 atom stereocenters. The standard InChI is InChI=1S/C26H32N2O4/c1-15-6-17(27)3-5-23(15)26(9-20-13-31-20,10-21-14-32-21)24-4-2-16(7-18-11-29-18)22(25(24)28)8-19-12-30-19/h2-6,18-21H,7-14,27-28H2,1H3. The highest BCUT2D eigenvalue weighted by Crippen LogP contribution is 2.50. The molecule has 2 aromatic carbocycles. The lowest BCUT2D eigenvalue weighted by Crippen LogP contribution is -2.34. The first kappa shape index (κ1) is 20.5. The second-order valence-electron chi connectivity index (χ2n) is 9.96. The summed E-state index contributed by atoms with van der Waals surface area (Å²) in [6.07, 6.45) is 4.66. The third-order valence-corrected chi connectivity index (χ3v) is 7.38. The summed E-state index contributed by atoms with van der Waals surface area (Å²) in [5.41, 5.74) is 20.7. The summed E-state index contributed by atoms with van der Waals surface area (Å²) in [5, 5.41) is 0. The van der Waals surface area contributed by atoms with Crippen molar-refractivity contribution in [3.05, 3.63) is 58.1 Å². The zero-order valence-electron chi connectivity index (χ0n) is 18.6. The maximum atomic E-state index is 7.05. The zero-order valence-corrected chi connectivity index (χ0v) is 18.6. The molecule has 0 spiro atoms. The van der Waals surface area contributed by atoms with Crippen LogP contribution in [-0.2, 0) is 37.2 Å². The normalized spacial score (nSPS) is 29.4. The minimum atomic E-state index is -0.280. The molecule has 0 aromatic heterocycles. The van der Waals surface area contributed by atoms with Gasteiger partial charge in [0.25, 0.3) is 0 Å². The van der Waals surface area contributed by atoms with Crippen molar-refractivity contribution in [1.29, 1.82) is 0 Å². The summed E-state index contributed by atoms with van der Waals surface area (Å²) >= 11 is 0. The zero-order chi connectivity index (χ0) is 21.9. The molecule has 6 heteroatoms. The molecule has 2 aromatic rings. The molecule has 4 fully saturated rings. The third-order valence-electron chi connectivity index (χ3n) is 7.38. The van der Waals surface area contributed by atoms with Gasteiger partial charge in [0.2, 0.25) is 0 Å². The van der Waals surface area contributed by atoms with Gasteiger partial charge in [-0.3, -0.25) is 0 Å². The molecule has 4 N–H and O–H groups in total. The fourth-order valence-corrected chi connectivity index (χ4v) is 5.45. The first-order chi connectivity index (χ1) is 15.5. The molecule has 4 unspecified atom stereocenters. The van der Waals surface area contributed by atoms with Crippen LogP contribution in [0.25, 0.3) is 0 Å². The Kier molecular flexibility index (Phi) is 4.95. The largest absolute Gasteiger partial charge is 0.399 e. The number of aryl methyl sites for hydroxylation is 1. The van der Waals surface area contributed by atoms with Crippen LogP contribution in [0.2, 0.25) is 0 Å². The molecule has 4 aliphatic rings. The summed E-state index contributed by atoms with van der Waals surface area (Å²) in [6, 6.07) is 10.8. The summed E-state index contributed by atoms with van der Waals surface area (Å²) in [5.74, 6) is 0. The minimum absolute atomic E-state index is 0.250. The van der Waals surface area contributed by atoms with E-state index in [1.165, 1.54) is 27.8 Å². The van der Waals surface area contributed by atoms with Crippen molar-refractivity contribution in [1.82, 2.24) is 0 Å². The summed E-state index contributed by atoms with van der Waals surface area (Å²) in [6.45, 7) is 5.42. The van der Waals surface area contributed by atoms with E-state index < -0.39 is 0 Å². The van der Waals surface area contributed by atoms with Crippen LogP contribution in [0, 0.1) is 6.92 Å². The lowest BCUT2D eigenvalue weighted by Gasteiger charge is -2.38. The van der Waals surface area contributed by atoms with Gasteiger partial charge in [-0.1, -0.05) is 18.2 Å². The van der Waals surface area contributed by atoms with Gasteiger partial charge in [0.15, 0.2) is 0 Å². The van der Waals surface area contributed by atoms with Gasteiger partial charge in [-0.2, -0.15) is 0 Å². The Morgan fingerprint density at radius 1 is 0.781 bits per heavy atom. The average molecular weight is 437 g/mol. The molecule has 4 aliphatic heterocycles. The molecule has 6 rings (SSSR count). The Balaban J connectivity index is 1.50. The monoisotopic (exact) mass is 436 g/mol. The van der Waals surface area contributed by atoms with Gasteiger partial charge in [-0.05, 0) is 59.7 Å². The van der Waals surface area contributed by atoms with E-state index in [2.05, 4.69) is 31.2 Å². The van der Waals surface area contributed by atoms with Crippen LogP contribution in [0.3, 0.4) is 0 Å². The van der Waals surface area contributed by atoms with Gasteiger partial charge in [-0.15, -0.1) is 0 Å².